The van der Waals surface area contributed by atoms with E-state index in [0.717, 1.165) is 18.8 Å². The van der Waals surface area contributed by atoms with Crippen molar-refractivity contribution >= 4 is 11.8 Å². The topological polar surface area (TPSA) is 12.4 Å². The molecule has 1 nitrogen and oxygen atoms in total. The van der Waals surface area contributed by atoms with E-state index in [0.29, 0.717) is 0 Å². The van der Waals surface area contributed by atoms with Crippen molar-refractivity contribution in [3.05, 3.63) is 41.0 Å². The van der Waals surface area contributed by atoms with Gasteiger partial charge in [0.2, 0.25) is 0 Å². The lowest BCUT2D eigenvalue weighted by molar-refractivity contribution is 0.559. The highest BCUT2D eigenvalue weighted by molar-refractivity contribution is 6.10. The minimum atomic E-state index is 0.725. The van der Waals surface area contributed by atoms with Crippen LogP contribution in [0.5, 0.6) is 0 Å². The van der Waals surface area contributed by atoms with E-state index in [4.69, 9.17) is 0 Å². The molecular weight excluding hydrogens is 230 g/mol. The summed E-state index contributed by atoms with van der Waals surface area (Å²) in [5.74, 6) is 0.725. The van der Waals surface area contributed by atoms with E-state index in [9.17, 15) is 0 Å². The molecule has 0 aliphatic rings. The van der Waals surface area contributed by atoms with Gasteiger partial charge in [-0.2, -0.15) is 0 Å². The maximum atomic E-state index is 4.21. The van der Waals surface area contributed by atoms with Gasteiger partial charge in [0, 0.05) is 13.3 Å². The highest BCUT2D eigenvalue weighted by Gasteiger charge is 2.12. The molecule has 1 aromatic carbocycles. The molecule has 1 aromatic rings. The number of aliphatic imine (C=N–C) groups is 1. The average Bonchev–Trinajstić information content (AvgIpc) is 2.44. The van der Waals surface area contributed by atoms with Crippen molar-refractivity contribution in [1.29, 1.82) is 0 Å². The molecule has 1 rings (SSSR count). The molecule has 0 bridgehead atoms. The van der Waals surface area contributed by atoms with Gasteiger partial charge in [-0.05, 0) is 47.9 Å². The number of nitrogens with zero attached hydrogens (tertiary/aromatic N) is 1. The van der Waals surface area contributed by atoms with Gasteiger partial charge in [0.25, 0.3) is 0 Å². The molecule has 0 saturated heterocycles. The smallest absolute Gasteiger partial charge is 0.0284 e. The normalized spacial score (nSPS) is 14.1. The van der Waals surface area contributed by atoms with E-state index in [1.54, 1.807) is 0 Å². The van der Waals surface area contributed by atoms with Gasteiger partial charge in [0.15, 0.2) is 0 Å². The zero-order valence-electron chi connectivity index (χ0n) is 13.0. The van der Waals surface area contributed by atoms with Crippen molar-refractivity contribution in [3.8, 4) is 0 Å². The first kappa shape index (κ1) is 15.7. The van der Waals surface area contributed by atoms with Gasteiger partial charge >= 0.3 is 0 Å². The maximum absolute atomic E-state index is 4.21. The molecule has 104 valence electrons. The van der Waals surface area contributed by atoms with Crippen LogP contribution in [0.15, 0.2) is 29.3 Å². The predicted octanol–water partition coefficient (Wildman–Crippen LogP) is 4.94. The standard InChI is InChI=1S/C18H27N/c1-6-14(4)12-17-11-9-10-15(7-2)18(17)16(8-3)13-19-5/h8-11,13-14H,6-7,12H2,1-5H3/b16-8+,19-13-. The van der Waals surface area contributed by atoms with Gasteiger partial charge in [-0.15, -0.1) is 0 Å². The molecule has 0 saturated carbocycles. The molecule has 0 N–H and O–H groups in total. The number of aryl methyl sites for hydroxylation is 1. The van der Waals surface area contributed by atoms with Crippen LogP contribution in [0.3, 0.4) is 0 Å². The molecule has 0 heterocycles. The first-order valence-electron chi connectivity index (χ1n) is 7.37. The van der Waals surface area contributed by atoms with Crippen molar-refractivity contribution in [1.82, 2.24) is 0 Å². The Morgan fingerprint density at radius 1 is 1.26 bits per heavy atom. The van der Waals surface area contributed by atoms with Gasteiger partial charge in [-0.25, -0.2) is 0 Å². The first-order valence-corrected chi connectivity index (χ1v) is 7.37. The lowest BCUT2D eigenvalue weighted by atomic mass is 9.88. The number of allylic oxidation sites excluding steroid dienone is 2. The van der Waals surface area contributed by atoms with Crippen LogP contribution in [0, 0.1) is 5.92 Å². The molecule has 19 heavy (non-hydrogen) atoms. The Morgan fingerprint density at radius 3 is 2.47 bits per heavy atom. The Bertz CT molecular complexity index is 455. The Morgan fingerprint density at radius 2 is 1.95 bits per heavy atom. The highest BCUT2D eigenvalue weighted by Crippen LogP contribution is 2.26. The van der Waals surface area contributed by atoms with E-state index in [1.807, 2.05) is 13.3 Å². The molecular formula is C18H27N. The summed E-state index contributed by atoms with van der Waals surface area (Å²) in [7, 11) is 1.84. The van der Waals surface area contributed by atoms with Gasteiger partial charge in [-0.1, -0.05) is 51.5 Å². The third kappa shape index (κ3) is 4.05. The van der Waals surface area contributed by atoms with Crippen LogP contribution < -0.4 is 0 Å². The molecule has 0 amide bonds. The number of benzene rings is 1. The summed E-state index contributed by atoms with van der Waals surface area (Å²) in [4.78, 5) is 4.21. The van der Waals surface area contributed by atoms with Crippen molar-refractivity contribution in [2.45, 2.75) is 47.0 Å². The molecule has 0 radical (unpaired) electrons. The summed E-state index contributed by atoms with van der Waals surface area (Å²) in [6, 6.07) is 6.70. The van der Waals surface area contributed by atoms with E-state index < -0.39 is 0 Å². The van der Waals surface area contributed by atoms with Crippen LogP contribution in [-0.2, 0) is 12.8 Å². The molecule has 1 heteroatoms. The minimum absolute atomic E-state index is 0.725. The quantitative estimate of drug-likeness (QED) is 0.640. The van der Waals surface area contributed by atoms with Crippen LogP contribution in [0.1, 0.15) is 50.8 Å². The Kier molecular flexibility index (Phi) is 6.55. The average molecular weight is 257 g/mol. The fourth-order valence-electron chi connectivity index (χ4n) is 2.43. The van der Waals surface area contributed by atoms with Crippen molar-refractivity contribution in [2.75, 3.05) is 7.05 Å². The predicted molar refractivity (Wildman–Crippen MR) is 87.0 cm³/mol. The fourth-order valence-corrected chi connectivity index (χ4v) is 2.43. The van der Waals surface area contributed by atoms with Gasteiger partial charge in [0.05, 0.1) is 0 Å². The largest absolute Gasteiger partial charge is 0.296 e. The lowest BCUT2D eigenvalue weighted by Crippen LogP contribution is -2.05. The number of hydrogen-bond acceptors (Lipinski definition) is 1. The molecule has 0 fully saturated rings. The van der Waals surface area contributed by atoms with Gasteiger partial charge in [-0.3, -0.25) is 4.99 Å². The van der Waals surface area contributed by atoms with E-state index >= 15 is 0 Å². The molecule has 0 spiro atoms. The second-order valence-electron chi connectivity index (χ2n) is 5.15. The summed E-state index contributed by atoms with van der Waals surface area (Å²) in [5.41, 5.74) is 5.53. The summed E-state index contributed by atoms with van der Waals surface area (Å²) < 4.78 is 0. The third-order valence-electron chi connectivity index (χ3n) is 3.75. The molecule has 0 aliphatic carbocycles. The van der Waals surface area contributed by atoms with Crippen LogP contribution in [0.4, 0.5) is 0 Å². The van der Waals surface area contributed by atoms with E-state index in [-0.39, 0.29) is 0 Å². The van der Waals surface area contributed by atoms with E-state index in [1.165, 1.54) is 28.7 Å². The van der Waals surface area contributed by atoms with Gasteiger partial charge < -0.3 is 0 Å². The summed E-state index contributed by atoms with van der Waals surface area (Å²) in [5, 5.41) is 0. The number of hydrogen-bond donors (Lipinski definition) is 0. The van der Waals surface area contributed by atoms with Crippen molar-refractivity contribution in [2.24, 2.45) is 10.9 Å². The third-order valence-corrected chi connectivity index (χ3v) is 3.75. The van der Waals surface area contributed by atoms with Crippen LogP contribution in [0.2, 0.25) is 0 Å². The van der Waals surface area contributed by atoms with Crippen LogP contribution in [-0.4, -0.2) is 13.3 Å². The zero-order chi connectivity index (χ0) is 14.3. The second-order valence-corrected chi connectivity index (χ2v) is 5.15. The fraction of sp³-hybridized carbons (Fsp3) is 0.500. The van der Waals surface area contributed by atoms with Crippen molar-refractivity contribution < 1.29 is 0 Å². The molecule has 1 atom stereocenters. The number of rotatable bonds is 6. The van der Waals surface area contributed by atoms with Gasteiger partial charge in [0.1, 0.15) is 0 Å². The van der Waals surface area contributed by atoms with E-state index in [2.05, 4.69) is 57.0 Å². The summed E-state index contributed by atoms with van der Waals surface area (Å²) in [6.07, 6.45) is 7.59. The summed E-state index contributed by atoms with van der Waals surface area (Å²) >= 11 is 0. The Hall–Kier alpha value is -1.37. The van der Waals surface area contributed by atoms with Crippen molar-refractivity contribution in [3.63, 3.8) is 0 Å². The highest BCUT2D eigenvalue weighted by atomic mass is 14.6. The second kappa shape index (κ2) is 7.93. The summed E-state index contributed by atoms with van der Waals surface area (Å²) in [6.45, 7) is 8.91. The van der Waals surface area contributed by atoms with Crippen LogP contribution in [0.25, 0.3) is 5.57 Å². The molecule has 0 aromatic heterocycles. The molecule has 0 aliphatic heterocycles. The first-order chi connectivity index (χ1) is 9.17. The Labute approximate surface area is 118 Å². The maximum Gasteiger partial charge on any atom is 0.0284 e. The minimum Gasteiger partial charge on any atom is -0.296 e. The lowest BCUT2D eigenvalue weighted by Gasteiger charge is -2.17. The molecule has 1 unspecified atom stereocenters. The zero-order valence-corrected chi connectivity index (χ0v) is 13.0. The SMILES string of the molecule is C/C=C(\C=N/C)c1c(CC)cccc1CC(C)CC. The monoisotopic (exact) mass is 257 g/mol. The van der Waals surface area contributed by atoms with Crippen LogP contribution >= 0.6 is 0 Å². The Balaban J connectivity index is 3.31.